The summed E-state index contributed by atoms with van der Waals surface area (Å²) in [5, 5.41) is 2.82. The standard InChI is InChI=1S/C17H15NO3/c1-10-3-4-12(17(20)21-2)8-14(10)11-5-6-15-13(7-11)9-16(19)18-15/h3-8H,9H2,1-2H3,(H,18,19). The van der Waals surface area contributed by atoms with E-state index in [1.54, 1.807) is 6.07 Å². The highest BCUT2D eigenvalue weighted by Gasteiger charge is 2.18. The van der Waals surface area contributed by atoms with Gasteiger partial charge >= 0.3 is 5.97 Å². The number of aryl methyl sites for hydroxylation is 1. The highest BCUT2D eigenvalue weighted by molar-refractivity contribution is 6.00. The minimum absolute atomic E-state index is 0.0159. The van der Waals surface area contributed by atoms with E-state index >= 15 is 0 Å². The third kappa shape index (κ3) is 2.40. The van der Waals surface area contributed by atoms with E-state index in [0.29, 0.717) is 12.0 Å². The zero-order valence-electron chi connectivity index (χ0n) is 11.9. The first-order valence-electron chi connectivity index (χ1n) is 6.70. The number of amides is 1. The van der Waals surface area contributed by atoms with Crippen LogP contribution in [0.25, 0.3) is 11.1 Å². The van der Waals surface area contributed by atoms with Crippen LogP contribution in [0.5, 0.6) is 0 Å². The van der Waals surface area contributed by atoms with Gasteiger partial charge in [-0.2, -0.15) is 0 Å². The molecule has 1 aliphatic rings. The Labute approximate surface area is 122 Å². The normalized spacial score (nSPS) is 12.8. The lowest BCUT2D eigenvalue weighted by atomic mass is 9.96. The van der Waals surface area contributed by atoms with E-state index in [1.165, 1.54) is 7.11 Å². The van der Waals surface area contributed by atoms with Crippen molar-refractivity contribution >= 4 is 17.6 Å². The predicted octanol–water partition coefficient (Wildman–Crippen LogP) is 2.94. The van der Waals surface area contributed by atoms with Crippen LogP contribution in [0.1, 0.15) is 21.5 Å². The van der Waals surface area contributed by atoms with Crippen LogP contribution in [0.2, 0.25) is 0 Å². The molecule has 2 aromatic rings. The lowest BCUT2D eigenvalue weighted by Gasteiger charge is -2.10. The minimum Gasteiger partial charge on any atom is -0.465 e. The van der Waals surface area contributed by atoms with Gasteiger partial charge < -0.3 is 10.1 Å². The molecule has 0 unspecified atom stereocenters. The Balaban J connectivity index is 2.06. The van der Waals surface area contributed by atoms with Crippen LogP contribution in [0.15, 0.2) is 36.4 Å². The number of hydrogen-bond acceptors (Lipinski definition) is 3. The molecule has 0 fully saturated rings. The number of fused-ring (bicyclic) bond motifs is 1. The van der Waals surface area contributed by atoms with E-state index < -0.39 is 0 Å². The summed E-state index contributed by atoms with van der Waals surface area (Å²) < 4.78 is 4.76. The van der Waals surface area contributed by atoms with Gasteiger partial charge in [0.25, 0.3) is 0 Å². The second-order valence-corrected chi connectivity index (χ2v) is 5.12. The Morgan fingerprint density at radius 2 is 2.00 bits per heavy atom. The molecule has 1 heterocycles. The molecule has 0 aliphatic carbocycles. The van der Waals surface area contributed by atoms with Gasteiger partial charge in [-0.15, -0.1) is 0 Å². The zero-order chi connectivity index (χ0) is 15.0. The predicted molar refractivity (Wildman–Crippen MR) is 80.3 cm³/mol. The van der Waals surface area contributed by atoms with Crippen LogP contribution in [-0.4, -0.2) is 19.0 Å². The van der Waals surface area contributed by atoms with Crippen molar-refractivity contribution in [2.24, 2.45) is 0 Å². The molecule has 1 amide bonds. The first kappa shape index (κ1) is 13.4. The number of ether oxygens (including phenoxy) is 1. The molecule has 0 saturated carbocycles. The summed E-state index contributed by atoms with van der Waals surface area (Å²) in [6.07, 6.45) is 0.402. The molecule has 4 nitrogen and oxygen atoms in total. The topological polar surface area (TPSA) is 55.4 Å². The van der Waals surface area contributed by atoms with E-state index in [0.717, 1.165) is 27.9 Å². The summed E-state index contributed by atoms with van der Waals surface area (Å²) in [5.74, 6) is -0.337. The maximum absolute atomic E-state index is 11.7. The van der Waals surface area contributed by atoms with Crippen molar-refractivity contribution in [1.29, 1.82) is 0 Å². The molecule has 0 spiro atoms. The highest BCUT2D eigenvalue weighted by atomic mass is 16.5. The maximum Gasteiger partial charge on any atom is 0.337 e. The van der Waals surface area contributed by atoms with Crippen molar-refractivity contribution in [1.82, 2.24) is 0 Å². The molecular formula is C17H15NO3. The quantitative estimate of drug-likeness (QED) is 0.861. The lowest BCUT2D eigenvalue weighted by molar-refractivity contribution is -0.115. The number of anilines is 1. The van der Waals surface area contributed by atoms with Gasteiger partial charge in [-0.1, -0.05) is 12.1 Å². The van der Waals surface area contributed by atoms with Gasteiger partial charge in [0.2, 0.25) is 5.91 Å². The van der Waals surface area contributed by atoms with Gasteiger partial charge in [-0.25, -0.2) is 4.79 Å². The average Bonchev–Trinajstić information content (AvgIpc) is 2.86. The Hall–Kier alpha value is -2.62. The Morgan fingerprint density at radius 1 is 1.19 bits per heavy atom. The van der Waals surface area contributed by atoms with Crippen LogP contribution in [0.4, 0.5) is 5.69 Å². The molecule has 0 aromatic heterocycles. The van der Waals surface area contributed by atoms with Crippen molar-refractivity contribution in [2.75, 3.05) is 12.4 Å². The van der Waals surface area contributed by atoms with Crippen LogP contribution in [0.3, 0.4) is 0 Å². The van der Waals surface area contributed by atoms with Crippen LogP contribution in [-0.2, 0) is 16.0 Å². The molecule has 106 valence electrons. The number of methoxy groups -OCH3 is 1. The molecule has 0 atom stereocenters. The van der Waals surface area contributed by atoms with E-state index in [2.05, 4.69) is 5.32 Å². The van der Waals surface area contributed by atoms with Crippen LogP contribution < -0.4 is 5.32 Å². The SMILES string of the molecule is COC(=O)c1ccc(C)c(-c2ccc3c(c2)CC(=O)N3)c1. The van der Waals surface area contributed by atoms with Gasteiger partial charge in [0.05, 0.1) is 19.1 Å². The molecule has 3 rings (SSSR count). The van der Waals surface area contributed by atoms with Crippen LogP contribution >= 0.6 is 0 Å². The fourth-order valence-electron chi connectivity index (χ4n) is 2.57. The van der Waals surface area contributed by atoms with E-state index in [1.807, 2.05) is 37.3 Å². The monoisotopic (exact) mass is 281 g/mol. The van der Waals surface area contributed by atoms with Crippen molar-refractivity contribution in [3.8, 4) is 11.1 Å². The van der Waals surface area contributed by atoms with Crippen molar-refractivity contribution < 1.29 is 14.3 Å². The van der Waals surface area contributed by atoms with E-state index in [4.69, 9.17) is 4.74 Å². The van der Waals surface area contributed by atoms with Crippen molar-refractivity contribution in [3.05, 3.63) is 53.1 Å². The van der Waals surface area contributed by atoms with Gasteiger partial charge in [-0.05, 0) is 53.4 Å². The molecule has 2 aromatic carbocycles. The molecule has 0 saturated heterocycles. The number of esters is 1. The van der Waals surface area contributed by atoms with Gasteiger partial charge in [0, 0.05) is 5.69 Å². The first-order chi connectivity index (χ1) is 10.1. The fraction of sp³-hybridized carbons (Fsp3) is 0.176. The largest absolute Gasteiger partial charge is 0.465 e. The molecule has 1 N–H and O–H groups in total. The van der Waals surface area contributed by atoms with E-state index in [-0.39, 0.29) is 11.9 Å². The van der Waals surface area contributed by atoms with Crippen LogP contribution in [0, 0.1) is 6.92 Å². The third-order valence-corrected chi connectivity index (χ3v) is 3.70. The number of carbonyl (C=O) groups excluding carboxylic acids is 2. The summed E-state index contributed by atoms with van der Waals surface area (Å²) in [6.45, 7) is 1.99. The summed E-state index contributed by atoms with van der Waals surface area (Å²) in [7, 11) is 1.37. The lowest BCUT2D eigenvalue weighted by Crippen LogP contribution is -2.03. The summed E-state index contributed by atoms with van der Waals surface area (Å²) in [6, 6.07) is 11.3. The zero-order valence-corrected chi connectivity index (χ0v) is 11.9. The molecule has 4 heteroatoms. The number of carbonyl (C=O) groups is 2. The number of hydrogen-bond donors (Lipinski definition) is 1. The van der Waals surface area contributed by atoms with Gasteiger partial charge in [-0.3, -0.25) is 4.79 Å². The molecule has 0 bridgehead atoms. The molecule has 1 aliphatic heterocycles. The number of nitrogens with one attached hydrogen (secondary N) is 1. The van der Waals surface area contributed by atoms with Gasteiger partial charge in [0.1, 0.15) is 0 Å². The smallest absolute Gasteiger partial charge is 0.337 e. The Morgan fingerprint density at radius 3 is 2.76 bits per heavy atom. The van der Waals surface area contributed by atoms with Crippen molar-refractivity contribution in [3.63, 3.8) is 0 Å². The second kappa shape index (κ2) is 5.05. The van der Waals surface area contributed by atoms with E-state index in [9.17, 15) is 9.59 Å². The first-order valence-corrected chi connectivity index (χ1v) is 6.70. The Kier molecular flexibility index (Phi) is 3.22. The van der Waals surface area contributed by atoms with Gasteiger partial charge in [0.15, 0.2) is 0 Å². The minimum atomic E-state index is -0.353. The summed E-state index contributed by atoms with van der Waals surface area (Å²) in [4.78, 5) is 23.1. The molecule has 0 radical (unpaired) electrons. The highest BCUT2D eigenvalue weighted by Crippen LogP contribution is 2.31. The maximum atomic E-state index is 11.7. The average molecular weight is 281 g/mol. The summed E-state index contributed by atoms with van der Waals surface area (Å²) >= 11 is 0. The molecular weight excluding hydrogens is 266 g/mol. The number of benzene rings is 2. The second-order valence-electron chi connectivity index (χ2n) is 5.12. The van der Waals surface area contributed by atoms with Crippen molar-refractivity contribution in [2.45, 2.75) is 13.3 Å². The Bertz CT molecular complexity index is 750. The number of rotatable bonds is 2. The molecule has 21 heavy (non-hydrogen) atoms. The third-order valence-electron chi connectivity index (χ3n) is 3.70. The fourth-order valence-corrected chi connectivity index (χ4v) is 2.57. The summed E-state index contributed by atoms with van der Waals surface area (Å²) in [5.41, 5.74) is 5.41.